The summed E-state index contributed by atoms with van der Waals surface area (Å²) < 4.78 is 1.74. The average Bonchev–Trinajstić information content (AvgIpc) is 3.25. The van der Waals surface area contributed by atoms with E-state index in [1.54, 1.807) is 23.0 Å². The Balaban J connectivity index is 0.00000225. The van der Waals surface area contributed by atoms with Gasteiger partial charge >= 0.3 is 0 Å². The smallest absolute Gasteiger partial charge is 0.252 e. The van der Waals surface area contributed by atoms with E-state index in [1.165, 1.54) is 0 Å². The molecule has 4 rings (SSSR count). The van der Waals surface area contributed by atoms with E-state index in [2.05, 4.69) is 15.7 Å². The molecule has 7 heteroatoms. The van der Waals surface area contributed by atoms with E-state index in [4.69, 9.17) is 0 Å². The van der Waals surface area contributed by atoms with Gasteiger partial charge in [0.25, 0.3) is 5.91 Å². The molecule has 28 heavy (non-hydrogen) atoms. The molecule has 1 aliphatic heterocycles. The summed E-state index contributed by atoms with van der Waals surface area (Å²) in [6.07, 6.45) is 3.48. The topological polar surface area (TPSA) is 79.2 Å². The second kappa shape index (κ2) is 8.56. The summed E-state index contributed by atoms with van der Waals surface area (Å²) in [5, 5.41) is 21.2. The summed E-state index contributed by atoms with van der Waals surface area (Å²) in [5.41, 5.74) is 1.55. The van der Waals surface area contributed by atoms with E-state index in [1.807, 2.05) is 54.7 Å². The Bertz CT molecular complexity index is 900. The van der Waals surface area contributed by atoms with Crippen molar-refractivity contribution in [2.45, 2.75) is 18.1 Å². The number of benzene rings is 2. The fourth-order valence-corrected chi connectivity index (χ4v) is 3.62. The van der Waals surface area contributed by atoms with Crippen molar-refractivity contribution in [2.24, 2.45) is 0 Å². The zero-order valence-electron chi connectivity index (χ0n) is 15.3. The van der Waals surface area contributed by atoms with Crippen LogP contribution in [0, 0.1) is 0 Å². The van der Waals surface area contributed by atoms with E-state index in [9.17, 15) is 9.90 Å². The van der Waals surface area contributed by atoms with Gasteiger partial charge in [0.2, 0.25) is 0 Å². The molecule has 0 aliphatic carbocycles. The van der Waals surface area contributed by atoms with Crippen molar-refractivity contribution in [1.82, 2.24) is 20.4 Å². The first-order valence-corrected chi connectivity index (χ1v) is 9.06. The van der Waals surface area contributed by atoms with Crippen molar-refractivity contribution in [1.29, 1.82) is 0 Å². The molecule has 0 radical (unpaired) electrons. The molecule has 2 aromatic carbocycles. The van der Waals surface area contributed by atoms with Crippen LogP contribution in [0.5, 0.6) is 0 Å². The Morgan fingerprint density at radius 2 is 1.89 bits per heavy atom. The quantitative estimate of drug-likeness (QED) is 0.630. The summed E-state index contributed by atoms with van der Waals surface area (Å²) in [5.74, 6) is -0.202. The maximum atomic E-state index is 13.0. The Morgan fingerprint density at radius 1 is 1.14 bits per heavy atom. The van der Waals surface area contributed by atoms with Crippen LogP contribution >= 0.6 is 12.4 Å². The van der Waals surface area contributed by atoms with Crippen molar-refractivity contribution < 1.29 is 9.90 Å². The number of nitrogens with one attached hydrogen (secondary N) is 2. The van der Waals surface area contributed by atoms with E-state index >= 15 is 0 Å². The van der Waals surface area contributed by atoms with E-state index < -0.39 is 11.6 Å². The lowest BCUT2D eigenvalue weighted by Crippen LogP contribution is -2.61. The van der Waals surface area contributed by atoms with Gasteiger partial charge in [-0.15, -0.1) is 12.4 Å². The minimum atomic E-state index is -0.801. The highest BCUT2D eigenvalue weighted by Gasteiger charge is 2.42. The average molecular weight is 399 g/mol. The van der Waals surface area contributed by atoms with Crippen LogP contribution in [0.15, 0.2) is 73.1 Å². The summed E-state index contributed by atoms with van der Waals surface area (Å²) in [6.45, 7) is 1.16. The fraction of sp³-hybridized carbons (Fsp3) is 0.238. The Kier molecular flexibility index (Phi) is 6.14. The van der Waals surface area contributed by atoms with Crippen LogP contribution in [-0.2, 0) is 5.54 Å². The Labute approximate surface area is 170 Å². The van der Waals surface area contributed by atoms with Gasteiger partial charge < -0.3 is 15.7 Å². The van der Waals surface area contributed by atoms with Crippen molar-refractivity contribution in [3.05, 3.63) is 84.2 Å². The molecule has 1 saturated heterocycles. The highest BCUT2D eigenvalue weighted by molar-refractivity contribution is 5.95. The normalized spacial score (nSPS) is 21.5. The van der Waals surface area contributed by atoms with Gasteiger partial charge in [0, 0.05) is 24.5 Å². The Morgan fingerprint density at radius 3 is 2.54 bits per heavy atom. The van der Waals surface area contributed by atoms with Crippen molar-refractivity contribution in [3.8, 4) is 5.69 Å². The number of aliphatic hydroxyl groups is 1. The molecule has 0 unspecified atom stereocenters. The van der Waals surface area contributed by atoms with Crippen LogP contribution in [0.3, 0.4) is 0 Å². The molecule has 1 amide bonds. The lowest BCUT2D eigenvalue weighted by molar-refractivity contribution is 0.0289. The van der Waals surface area contributed by atoms with Gasteiger partial charge in [-0.25, -0.2) is 4.68 Å². The third-order valence-corrected chi connectivity index (χ3v) is 5.13. The Hall–Kier alpha value is -2.67. The third-order valence-electron chi connectivity index (χ3n) is 5.13. The van der Waals surface area contributed by atoms with Gasteiger partial charge in [-0.3, -0.25) is 4.79 Å². The number of amides is 1. The predicted molar refractivity (Wildman–Crippen MR) is 110 cm³/mol. The first kappa shape index (κ1) is 20.1. The molecule has 2 heterocycles. The molecule has 1 fully saturated rings. The highest BCUT2D eigenvalue weighted by atomic mass is 35.5. The standard InChI is InChI=1S/C21H22N4O2.ClH/c26-19-15-22-13-11-21(19,17-5-2-1-3-6-17)24-20(27)16-7-9-18(10-8-16)25-14-4-12-23-25;/h1-10,12,14,19,22,26H,11,13,15H2,(H,24,27);1H/t19-,21+;/m1./s1. The first-order valence-electron chi connectivity index (χ1n) is 9.06. The van der Waals surface area contributed by atoms with Crippen LogP contribution in [0.1, 0.15) is 22.3 Å². The number of β-amino-alcohol motifs (C(OH)–C–C–N with tert-alkyl or cyclic N) is 1. The van der Waals surface area contributed by atoms with Gasteiger partial charge in [0.05, 0.1) is 17.3 Å². The second-order valence-electron chi connectivity index (χ2n) is 6.76. The fourth-order valence-electron chi connectivity index (χ4n) is 3.62. The van der Waals surface area contributed by atoms with E-state index in [0.29, 0.717) is 18.5 Å². The van der Waals surface area contributed by atoms with Crippen molar-refractivity contribution in [3.63, 3.8) is 0 Å². The predicted octanol–water partition coefficient (Wildman–Crippen LogP) is 2.27. The third kappa shape index (κ3) is 3.80. The van der Waals surface area contributed by atoms with Gasteiger partial charge in [-0.1, -0.05) is 30.3 Å². The lowest BCUT2D eigenvalue weighted by Gasteiger charge is -2.43. The minimum Gasteiger partial charge on any atom is -0.389 e. The number of carbonyl (C=O) groups excluding carboxylic acids is 1. The molecular weight excluding hydrogens is 376 g/mol. The molecule has 1 aromatic heterocycles. The number of aromatic nitrogens is 2. The van der Waals surface area contributed by atoms with Crippen molar-refractivity contribution in [2.75, 3.05) is 13.1 Å². The molecular formula is C21H23ClN4O2. The van der Waals surface area contributed by atoms with Crippen LogP contribution in [-0.4, -0.2) is 40.0 Å². The van der Waals surface area contributed by atoms with E-state index in [-0.39, 0.29) is 18.3 Å². The number of halogens is 1. The van der Waals surface area contributed by atoms with Crippen LogP contribution in [0.4, 0.5) is 0 Å². The molecule has 146 valence electrons. The lowest BCUT2D eigenvalue weighted by atomic mass is 9.79. The number of piperidine rings is 1. The van der Waals surface area contributed by atoms with Crippen LogP contribution in [0.2, 0.25) is 0 Å². The van der Waals surface area contributed by atoms with Gasteiger partial charge in [-0.2, -0.15) is 5.10 Å². The molecule has 1 aliphatic rings. The maximum absolute atomic E-state index is 13.0. The molecule has 0 spiro atoms. The van der Waals surface area contributed by atoms with Gasteiger partial charge in [0.15, 0.2) is 0 Å². The van der Waals surface area contributed by atoms with Crippen molar-refractivity contribution >= 4 is 18.3 Å². The second-order valence-corrected chi connectivity index (χ2v) is 6.76. The molecule has 6 nitrogen and oxygen atoms in total. The van der Waals surface area contributed by atoms with Gasteiger partial charge in [-0.05, 0) is 48.9 Å². The minimum absolute atomic E-state index is 0. The highest BCUT2D eigenvalue weighted by Crippen LogP contribution is 2.31. The molecule has 0 saturated carbocycles. The maximum Gasteiger partial charge on any atom is 0.252 e. The number of hydrogen-bond donors (Lipinski definition) is 3. The summed E-state index contributed by atoms with van der Waals surface area (Å²) in [7, 11) is 0. The van der Waals surface area contributed by atoms with E-state index in [0.717, 1.165) is 17.8 Å². The SMILES string of the molecule is Cl.O=C(N[C@]1(c2ccccc2)CCNC[C@H]1O)c1ccc(-n2cccn2)cc1. The first-order chi connectivity index (χ1) is 13.2. The molecule has 2 atom stereocenters. The summed E-state index contributed by atoms with van der Waals surface area (Å²) >= 11 is 0. The zero-order valence-corrected chi connectivity index (χ0v) is 16.1. The molecule has 3 N–H and O–H groups in total. The number of hydrogen-bond acceptors (Lipinski definition) is 4. The number of rotatable bonds is 4. The largest absolute Gasteiger partial charge is 0.389 e. The monoisotopic (exact) mass is 398 g/mol. The number of carbonyl (C=O) groups is 1. The molecule has 3 aromatic rings. The van der Waals surface area contributed by atoms with Crippen LogP contribution < -0.4 is 10.6 Å². The number of aliphatic hydroxyl groups excluding tert-OH is 1. The summed E-state index contributed by atoms with van der Waals surface area (Å²) in [6, 6.07) is 18.8. The molecule has 0 bridgehead atoms. The summed E-state index contributed by atoms with van der Waals surface area (Å²) in [4.78, 5) is 13.0. The zero-order chi connectivity index (χ0) is 18.7. The number of nitrogens with zero attached hydrogens (tertiary/aromatic N) is 2. The van der Waals surface area contributed by atoms with Gasteiger partial charge in [0.1, 0.15) is 0 Å². The van der Waals surface area contributed by atoms with Crippen LogP contribution in [0.25, 0.3) is 5.69 Å².